The van der Waals surface area contributed by atoms with Gasteiger partial charge in [-0.15, -0.1) is 0 Å². The highest BCUT2D eigenvalue weighted by Gasteiger charge is 2.28. The topological polar surface area (TPSA) is 40.2 Å². The molecule has 148 valence electrons. The predicted molar refractivity (Wildman–Crippen MR) is 116 cm³/mol. The van der Waals surface area contributed by atoms with Gasteiger partial charge in [-0.1, -0.05) is 37.3 Å². The van der Waals surface area contributed by atoms with E-state index in [1.807, 2.05) is 18.5 Å². The largest absolute Gasteiger partial charge is 0.366 e. The molecule has 0 amide bonds. The monoisotopic (exact) mass is 384 g/mol. The van der Waals surface area contributed by atoms with Crippen LogP contribution < -0.4 is 10.7 Å². The van der Waals surface area contributed by atoms with Crippen molar-refractivity contribution in [3.05, 3.63) is 100 Å². The quantitative estimate of drug-likeness (QED) is 0.781. The van der Waals surface area contributed by atoms with Gasteiger partial charge < -0.3 is 5.32 Å². The number of nitrogens with zero attached hydrogens (tertiary/aromatic N) is 2. The maximum atomic E-state index is 4.23. The first-order chi connectivity index (χ1) is 14.3. The maximum absolute atomic E-state index is 4.23. The fourth-order valence-electron chi connectivity index (χ4n) is 4.72. The molecule has 4 nitrogen and oxygen atoms in total. The summed E-state index contributed by atoms with van der Waals surface area (Å²) in [7, 11) is 0. The van der Waals surface area contributed by atoms with Crippen molar-refractivity contribution in [2.75, 3.05) is 6.54 Å². The van der Waals surface area contributed by atoms with E-state index in [2.05, 4.69) is 70.1 Å². The second-order valence-electron chi connectivity index (χ2n) is 8.22. The zero-order valence-electron chi connectivity index (χ0n) is 17.0. The van der Waals surface area contributed by atoms with Crippen molar-refractivity contribution in [2.24, 2.45) is 5.92 Å². The second-order valence-corrected chi connectivity index (χ2v) is 8.22. The summed E-state index contributed by atoms with van der Waals surface area (Å²) in [6.07, 6.45) is 13.1. The Hall–Kier alpha value is -2.85. The lowest BCUT2D eigenvalue weighted by Gasteiger charge is -2.29. The number of aromatic nitrogens is 1. The summed E-state index contributed by atoms with van der Waals surface area (Å²) in [5, 5.41) is 5.86. The van der Waals surface area contributed by atoms with Crippen LogP contribution in [-0.2, 0) is 19.4 Å². The van der Waals surface area contributed by atoms with Gasteiger partial charge in [-0.3, -0.25) is 9.99 Å². The van der Waals surface area contributed by atoms with Gasteiger partial charge in [-0.25, -0.2) is 5.43 Å². The third kappa shape index (κ3) is 3.73. The number of hydrogen-bond donors (Lipinski definition) is 2. The van der Waals surface area contributed by atoms with Gasteiger partial charge in [0.1, 0.15) is 5.82 Å². The molecule has 0 spiro atoms. The number of fused-ring (bicyclic) bond motifs is 2. The van der Waals surface area contributed by atoms with Gasteiger partial charge in [-0.2, -0.15) is 0 Å². The summed E-state index contributed by atoms with van der Waals surface area (Å²) in [6.45, 7) is 3.95. The molecular formula is C25H28N4. The highest BCUT2D eigenvalue weighted by Crippen LogP contribution is 2.35. The van der Waals surface area contributed by atoms with E-state index in [4.69, 9.17) is 0 Å². The van der Waals surface area contributed by atoms with Gasteiger partial charge in [0.2, 0.25) is 0 Å². The molecule has 2 aliphatic heterocycles. The van der Waals surface area contributed by atoms with Gasteiger partial charge in [0.15, 0.2) is 0 Å². The van der Waals surface area contributed by atoms with Crippen LogP contribution in [0.25, 0.3) is 0 Å². The molecule has 1 aliphatic carbocycles. The van der Waals surface area contributed by atoms with E-state index < -0.39 is 0 Å². The lowest BCUT2D eigenvalue weighted by molar-refractivity contribution is 0.330. The van der Waals surface area contributed by atoms with Crippen LogP contribution in [0.1, 0.15) is 36.5 Å². The Morgan fingerprint density at radius 3 is 2.66 bits per heavy atom. The standard InChI is InChI=1S/C25H28N4/c1-2-21-17-28-29-24(21)13-20(10-19-11-22-7-3-4-8-23(22)12-19)14-25(29)27-16-18-6-5-9-26-15-18/h3-9,13-15,19,27-28H,2,10-12,16-17H2,1H3. The average Bonchev–Trinajstić information content (AvgIpc) is 3.36. The zero-order chi connectivity index (χ0) is 19.6. The van der Waals surface area contributed by atoms with Crippen molar-refractivity contribution in [1.29, 1.82) is 0 Å². The van der Waals surface area contributed by atoms with E-state index in [-0.39, 0.29) is 0 Å². The Labute approximate surface area is 173 Å². The van der Waals surface area contributed by atoms with Crippen LogP contribution in [-0.4, -0.2) is 16.5 Å². The molecular weight excluding hydrogens is 356 g/mol. The molecule has 1 aromatic heterocycles. The highest BCUT2D eigenvalue weighted by molar-refractivity contribution is 5.44. The highest BCUT2D eigenvalue weighted by atomic mass is 15.6. The number of nitrogens with one attached hydrogen (secondary N) is 2. The molecule has 0 radical (unpaired) electrons. The number of benzene rings is 1. The molecule has 4 heteroatoms. The summed E-state index contributed by atoms with van der Waals surface area (Å²) >= 11 is 0. The van der Waals surface area contributed by atoms with Crippen molar-refractivity contribution in [1.82, 2.24) is 20.7 Å². The van der Waals surface area contributed by atoms with E-state index >= 15 is 0 Å². The van der Waals surface area contributed by atoms with E-state index in [1.165, 1.54) is 46.4 Å². The lowest BCUT2D eigenvalue weighted by Crippen LogP contribution is -2.38. The summed E-state index contributed by atoms with van der Waals surface area (Å²) in [6, 6.07) is 13.0. The molecule has 2 N–H and O–H groups in total. The van der Waals surface area contributed by atoms with E-state index in [0.29, 0.717) is 5.92 Å². The average molecular weight is 385 g/mol. The number of pyridine rings is 1. The molecule has 0 saturated heterocycles. The van der Waals surface area contributed by atoms with Crippen molar-refractivity contribution in [3.63, 3.8) is 0 Å². The summed E-state index contributed by atoms with van der Waals surface area (Å²) < 4.78 is 0. The summed E-state index contributed by atoms with van der Waals surface area (Å²) in [4.78, 5) is 4.23. The van der Waals surface area contributed by atoms with Crippen molar-refractivity contribution >= 4 is 0 Å². The Kier molecular flexibility index (Phi) is 4.94. The van der Waals surface area contributed by atoms with Gasteiger partial charge in [0, 0.05) is 25.5 Å². The van der Waals surface area contributed by atoms with Gasteiger partial charge in [0.05, 0.1) is 5.70 Å². The molecule has 0 fully saturated rings. The second kappa shape index (κ2) is 7.88. The smallest absolute Gasteiger partial charge is 0.121 e. The lowest BCUT2D eigenvalue weighted by atomic mass is 9.94. The third-order valence-electron chi connectivity index (χ3n) is 6.22. The van der Waals surface area contributed by atoms with Crippen LogP contribution in [0.2, 0.25) is 0 Å². The summed E-state index contributed by atoms with van der Waals surface area (Å²) in [5.41, 5.74) is 12.0. The first kappa shape index (κ1) is 18.2. The Morgan fingerprint density at radius 1 is 1.10 bits per heavy atom. The van der Waals surface area contributed by atoms with E-state index in [9.17, 15) is 0 Å². The van der Waals surface area contributed by atoms with Crippen LogP contribution in [0.15, 0.2) is 83.6 Å². The number of allylic oxidation sites excluding steroid dienone is 3. The summed E-state index contributed by atoms with van der Waals surface area (Å²) in [5.74, 6) is 1.83. The predicted octanol–water partition coefficient (Wildman–Crippen LogP) is 4.24. The number of hydrogen-bond acceptors (Lipinski definition) is 4. The SMILES string of the molecule is CCC1=C2C=C(CC3Cc4ccccc4C3)C=C(NCc3cccnc3)N2NC1. The van der Waals surface area contributed by atoms with Gasteiger partial charge in [-0.05, 0) is 77.7 Å². The molecule has 0 atom stereocenters. The van der Waals surface area contributed by atoms with E-state index in [0.717, 1.165) is 31.8 Å². The number of hydrazine groups is 1. The van der Waals surface area contributed by atoms with Crippen LogP contribution >= 0.6 is 0 Å². The molecule has 3 heterocycles. The minimum absolute atomic E-state index is 0.695. The maximum Gasteiger partial charge on any atom is 0.121 e. The van der Waals surface area contributed by atoms with Crippen molar-refractivity contribution < 1.29 is 0 Å². The molecule has 0 saturated carbocycles. The third-order valence-corrected chi connectivity index (χ3v) is 6.22. The molecule has 3 aliphatic rings. The minimum Gasteiger partial charge on any atom is -0.366 e. The number of rotatable bonds is 6. The fraction of sp³-hybridized carbons (Fsp3) is 0.320. The molecule has 2 aromatic rings. The molecule has 5 rings (SSSR count). The van der Waals surface area contributed by atoms with Gasteiger partial charge in [0.25, 0.3) is 0 Å². The Balaban J connectivity index is 1.36. The Morgan fingerprint density at radius 2 is 1.93 bits per heavy atom. The molecule has 0 unspecified atom stereocenters. The molecule has 29 heavy (non-hydrogen) atoms. The normalized spacial score (nSPS) is 18.4. The van der Waals surface area contributed by atoms with Gasteiger partial charge >= 0.3 is 0 Å². The first-order valence-electron chi connectivity index (χ1n) is 10.7. The van der Waals surface area contributed by atoms with Crippen molar-refractivity contribution in [2.45, 2.75) is 39.2 Å². The van der Waals surface area contributed by atoms with Crippen LogP contribution in [0.4, 0.5) is 0 Å². The fourth-order valence-corrected chi connectivity index (χ4v) is 4.72. The van der Waals surface area contributed by atoms with Crippen LogP contribution in [0.5, 0.6) is 0 Å². The van der Waals surface area contributed by atoms with Crippen molar-refractivity contribution in [3.8, 4) is 0 Å². The van der Waals surface area contributed by atoms with Crippen LogP contribution in [0.3, 0.4) is 0 Å². The van der Waals surface area contributed by atoms with Crippen LogP contribution in [0, 0.1) is 5.92 Å². The van der Waals surface area contributed by atoms with E-state index in [1.54, 1.807) is 0 Å². The molecule has 1 aromatic carbocycles. The first-order valence-corrected chi connectivity index (χ1v) is 10.7. The molecule has 0 bridgehead atoms. The zero-order valence-corrected chi connectivity index (χ0v) is 17.0. The minimum atomic E-state index is 0.695. The Bertz CT molecular complexity index is 962.